The van der Waals surface area contributed by atoms with E-state index in [1.165, 1.54) is 24.3 Å². The lowest BCUT2D eigenvalue weighted by atomic mass is 10.0. The van der Waals surface area contributed by atoms with Crippen molar-refractivity contribution in [3.05, 3.63) is 72.3 Å². The number of amides is 1. The van der Waals surface area contributed by atoms with Crippen molar-refractivity contribution in [2.45, 2.75) is 12.7 Å². The summed E-state index contributed by atoms with van der Waals surface area (Å²) in [6.07, 6.45) is -9.74. The Kier molecular flexibility index (Phi) is 7.47. The highest BCUT2D eigenvalue weighted by atomic mass is 19.4. The van der Waals surface area contributed by atoms with Gasteiger partial charge in [-0.25, -0.2) is 9.97 Å². The summed E-state index contributed by atoms with van der Waals surface area (Å²) in [5.74, 6) is -1.04. The maximum Gasteiger partial charge on any atom is 0.573 e. The number of hydrogen-bond donors (Lipinski definition) is 0. The number of ether oxygens (including phenoxy) is 2. The van der Waals surface area contributed by atoms with Gasteiger partial charge >= 0.3 is 12.7 Å². The topological polar surface area (TPSA) is 67.8 Å². The predicted molar refractivity (Wildman–Crippen MR) is 137 cm³/mol. The molecule has 0 aliphatic carbocycles. The third kappa shape index (κ3) is 6.85. The van der Waals surface area contributed by atoms with E-state index in [0.29, 0.717) is 40.8 Å². The number of likely N-dealkylation sites (N-methyl/N-ethyl adjacent to an activating group) is 1. The van der Waals surface area contributed by atoms with E-state index < -0.39 is 24.2 Å². The monoisotopic (exact) mass is 576 g/mol. The Morgan fingerprint density at radius 3 is 1.61 bits per heavy atom. The smallest absolute Gasteiger partial charge is 0.406 e. The van der Waals surface area contributed by atoms with Gasteiger partial charge in [0.1, 0.15) is 11.5 Å². The molecule has 5 rings (SSSR count). The first kappa shape index (κ1) is 28.1. The van der Waals surface area contributed by atoms with Crippen LogP contribution in [0.15, 0.2) is 66.7 Å². The second kappa shape index (κ2) is 10.9. The molecular formula is C28H22F6N4O3. The van der Waals surface area contributed by atoms with Gasteiger partial charge in [-0.1, -0.05) is 0 Å². The van der Waals surface area contributed by atoms with Crippen molar-refractivity contribution in [2.24, 2.45) is 0 Å². The zero-order chi connectivity index (χ0) is 29.4. The van der Waals surface area contributed by atoms with Crippen LogP contribution in [0.2, 0.25) is 0 Å². The number of alkyl halides is 6. The summed E-state index contributed by atoms with van der Waals surface area (Å²) in [7, 11) is 1.98. The molecule has 1 aliphatic rings. The van der Waals surface area contributed by atoms with Crippen LogP contribution in [0, 0.1) is 0 Å². The molecule has 0 atom stereocenters. The fraction of sp³-hybridized carbons (Fsp3) is 0.250. The average molecular weight is 576 g/mol. The number of halogens is 6. The van der Waals surface area contributed by atoms with E-state index in [9.17, 15) is 31.1 Å². The molecule has 0 unspecified atom stereocenters. The first-order chi connectivity index (χ1) is 19.3. The Bertz CT molecular complexity index is 1550. The number of nitrogens with zero attached hydrogens (tertiary/aromatic N) is 4. The molecule has 1 aromatic heterocycles. The first-order valence-corrected chi connectivity index (χ1v) is 12.4. The lowest BCUT2D eigenvalue weighted by Gasteiger charge is -2.32. The molecular weight excluding hydrogens is 554 g/mol. The predicted octanol–water partition coefficient (Wildman–Crippen LogP) is 6.15. The summed E-state index contributed by atoms with van der Waals surface area (Å²) < 4.78 is 83.8. The average Bonchev–Trinajstić information content (AvgIpc) is 2.91. The number of fused-ring (bicyclic) bond motifs is 1. The van der Waals surface area contributed by atoms with Crippen molar-refractivity contribution in [2.75, 3.05) is 33.2 Å². The summed E-state index contributed by atoms with van der Waals surface area (Å²) in [5, 5.41) is 0. The zero-order valence-electron chi connectivity index (χ0n) is 21.5. The van der Waals surface area contributed by atoms with Crippen LogP contribution >= 0.6 is 0 Å². The first-order valence-electron chi connectivity index (χ1n) is 12.4. The van der Waals surface area contributed by atoms with Gasteiger partial charge in [-0.15, -0.1) is 26.3 Å². The highest BCUT2D eigenvalue weighted by molar-refractivity contribution is 5.98. The quantitative estimate of drug-likeness (QED) is 0.266. The number of benzene rings is 3. The molecule has 41 heavy (non-hydrogen) atoms. The van der Waals surface area contributed by atoms with E-state index in [-0.39, 0.29) is 17.3 Å². The normalized spacial score (nSPS) is 14.8. The Morgan fingerprint density at radius 1 is 0.683 bits per heavy atom. The van der Waals surface area contributed by atoms with Crippen LogP contribution in [0.3, 0.4) is 0 Å². The summed E-state index contributed by atoms with van der Waals surface area (Å²) in [4.78, 5) is 26.4. The Hall–Kier alpha value is -4.39. The number of hydrogen-bond acceptors (Lipinski definition) is 6. The highest BCUT2D eigenvalue weighted by Gasteiger charge is 2.32. The Balaban J connectivity index is 1.56. The summed E-state index contributed by atoms with van der Waals surface area (Å²) in [5.41, 5.74) is 2.43. The number of carbonyl (C=O) groups excluding carboxylic acids is 1. The summed E-state index contributed by atoms with van der Waals surface area (Å²) in [6, 6.07) is 14.8. The van der Waals surface area contributed by atoms with Crippen molar-refractivity contribution in [1.29, 1.82) is 0 Å². The van der Waals surface area contributed by atoms with Crippen LogP contribution in [-0.2, 0) is 0 Å². The van der Waals surface area contributed by atoms with E-state index in [1.54, 1.807) is 23.1 Å². The zero-order valence-corrected chi connectivity index (χ0v) is 21.5. The molecule has 1 aliphatic heterocycles. The molecule has 2 heterocycles. The maximum absolute atomic E-state index is 13.1. The summed E-state index contributed by atoms with van der Waals surface area (Å²) in [6.45, 7) is 2.63. The molecule has 1 fully saturated rings. The number of aromatic nitrogens is 2. The lowest BCUT2D eigenvalue weighted by Crippen LogP contribution is -2.47. The molecule has 0 saturated carbocycles. The molecule has 0 N–H and O–H groups in total. The van der Waals surface area contributed by atoms with Crippen LogP contribution < -0.4 is 9.47 Å². The third-order valence-electron chi connectivity index (χ3n) is 6.42. The molecule has 1 amide bonds. The van der Waals surface area contributed by atoms with E-state index in [0.717, 1.165) is 37.4 Å². The molecule has 4 aromatic rings. The van der Waals surface area contributed by atoms with Crippen LogP contribution in [0.1, 0.15) is 10.4 Å². The van der Waals surface area contributed by atoms with Gasteiger partial charge in [-0.2, -0.15) is 0 Å². The molecule has 214 valence electrons. The van der Waals surface area contributed by atoms with Gasteiger partial charge in [0, 0.05) is 42.9 Å². The van der Waals surface area contributed by atoms with Crippen molar-refractivity contribution in [1.82, 2.24) is 19.8 Å². The largest absolute Gasteiger partial charge is 0.573 e. The molecule has 1 saturated heterocycles. The minimum atomic E-state index is -4.87. The summed E-state index contributed by atoms with van der Waals surface area (Å²) >= 11 is 0. The van der Waals surface area contributed by atoms with Crippen molar-refractivity contribution < 1.29 is 40.6 Å². The third-order valence-corrected chi connectivity index (χ3v) is 6.42. The molecule has 0 spiro atoms. The van der Waals surface area contributed by atoms with Crippen LogP contribution in [-0.4, -0.2) is 71.6 Å². The number of carbonyl (C=O) groups is 1. The van der Waals surface area contributed by atoms with Gasteiger partial charge < -0.3 is 19.3 Å². The van der Waals surface area contributed by atoms with Crippen LogP contribution in [0.5, 0.6) is 11.5 Å². The van der Waals surface area contributed by atoms with Gasteiger partial charge in [-0.05, 0) is 73.8 Å². The van der Waals surface area contributed by atoms with Crippen molar-refractivity contribution in [3.8, 4) is 34.0 Å². The number of rotatable bonds is 5. The van der Waals surface area contributed by atoms with Crippen molar-refractivity contribution >= 4 is 16.9 Å². The van der Waals surface area contributed by atoms with Gasteiger partial charge in [0.25, 0.3) is 5.91 Å². The Labute approximate surface area is 229 Å². The molecule has 7 nitrogen and oxygen atoms in total. The molecule has 3 aromatic carbocycles. The van der Waals surface area contributed by atoms with Crippen LogP contribution in [0.25, 0.3) is 33.5 Å². The minimum Gasteiger partial charge on any atom is -0.406 e. The fourth-order valence-corrected chi connectivity index (χ4v) is 4.41. The maximum atomic E-state index is 13.1. The fourth-order valence-electron chi connectivity index (χ4n) is 4.41. The second-order valence-corrected chi connectivity index (χ2v) is 9.36. The van der Waals surface area contributed by atoms with Crippen LogP contribution in [0.4, 0.5) is 26.3 Å². The SMILES string of the molecule is CN1CCN(C(=O)c2ccc3nc(-c4ccc(OC(F)(F)F)cc4)c(-c4ccc(OC(F)(F)F)cc4)nc3c2)CC1. The van der Waals surface area contributed by atoms with Gasteiger partial charge in [0.05, 0.1) is 22.4 Å². The molecule has 0 radical (unpaired) electrons. The van der Waals surface area contributed by atoms with E-state index >= 15 is 0 Å². The Morgan fingerprint density at radius 2 is 1.15 bits per heavy atom. The van der Waals surface area contributed by atoms with Gasteiger partial charge in [-0.3, -0.25) is 4.79 Å². The number of piperazine rings is 1. The van der Waals surface area contributed by atoms with E-state index in [1.807, 2.05) is 7.05 Å². The van der Waals surface area contributed by atoms with Crippen molar-refractivity contribution in [3.63, 3.8) is 0 Å². The van der Waals surface area contributed by atoms with E-state index in [2.05, 4.69) is 19.4 Å². The minimum absolute atomic E-state index is 0.165. The highest BCUT2D eigenvalue weighted by Crippen LogP contribution is 2.34. The standard InChI is InChI=1S/C28H22F6N4O3/c1-37-12-14-38(15-13-37)26(39)19-6-11-22-23(16-19)36-25(18-4-9-21(10-5-18)41-28(32,33)34)24(35-22)17-2-7-20(8-3-17)40-27(29,30)31/h2-11,16H,12-15H2,1H3. The second-order valence-electron chi connectivity index (χ2n) is 9.36. The molecule has 0 bridgehead atoms. The van der Waals surface area contributed by atoms with E-state index in [4.69, 9.17) is 4.98 Å². The lowest BCUT2D eigenvalue weighted by molar-refractivity contribution is -0.275. The van der Waals surface area contributed by atoms with Gasteiger partial charge in [0.15, 0.2) is 0 Å². The van der Waals surface area contributed by atoms with Gasteiger partial charge in [0.2, 0.25) is 0 Å². The molecule has 13 heteroatoms.